The number of nitrogens with zero attached hydrogens (tertiary/aromatic N) is 2. The van der Waals surface area contributed by atoms with Crippen LogP contribution in [0.2, 0.25) is 0 Å². The molecule has 0 unspecified atom stereocenters. The number of halogens is 2. The van der Waals surface area contributed by atoms with Crippen molar-refractivity contribution < 1.29 is 23.0 Å². The second kappa shape index (κ2) is 11.7. The lowest BCUT2D eigenvalue weighted by molar-refractivity contribution is -0.182. The van der Waals surface area contributed by atoms with Crippen LogP contribution in [0.4, 0.5) is 8.78 Å². The van der Waals surface area contributed by atoms with Gasteiger partial charge in [0.05, 0.1) is 19.6 Å². The summed E-state index contributed by atoms with van der Waals surface area (Å²) in [4.78, 5) is 17.6. The predicted molar refractivity (Wildman–Crippen MR) is 121 cm³/mol. The second-order valence-corrected chi connectivity index (χ2v) is 8.84. The Morgan fingerprint density at radius 3 is 2.09 bits per heavy atom. The molecule has 0 saturated carbocycles. The minimum absolute atomic E-state index is 0.00777. The molecule has 0 aliphatic carbocycles. The fraction of sp³-hybridized carbons (Fsp3) is 0.500. The molecule has 1 amide bonds. The number of amides is 1. The molecule has 2 aliphatic rings. The number of benzene rings is 2. The van der Waals surface area contributed by atoms with Gasteiger partial charge in [-0.05, 0) is 54.7 Å². The van der Waals surface area contributed by atoms with E-state index in [2.05, 4.69) is 4.90 Å². The minimum atomic E-state index is -0.314. The Morgan fingerprint density at radius 2 is 1.48 bits per heavy atom. The van der Waals surface area contributed by atoms with Gasteiger partial charge in [-0.15, -0.1) is 0 Å². The molecule has 0 aromatic heterocycles. The van der Waals surface area contributed by atoms with Crippen LogP contribution < -0.4 is 0 Å². The number of rotatable bonds is 8. The van der Waals surface area contributed by atoms with E-state index in [4.69, 9.17) is 9.47 Å². The standard InChI is InChI=1S/C26H32F2N2O3/c27-22-6-2-20(3-7-22)18-25(31)30(19-21-4-8-23(28)9-5-21)24-10-13-29(14-11-24)15-12-26-32-16-1-17-33-26/h2-9,24,26H,1,10-19H2. The summed E-state index contributed by atoms with van der Waals surface area (Å²) < 4.78 is 37.9. The van der Waals surface area contributed by atoms with Crippen LogP contribution in [0.5, 0.6) is 0 Å². The Balaban J connectivity index is 1.36. The van der Waals surface area contributed by atoms with Gasteiger partial charge in [-0.2, -0.15) is 0 Å². The van der Waals surface area contributed by atoms with Gasteiger partial charge >= 0.3 is 0 Å². The van der Waals surface area contributed by atoms with Crippen molar-refractivity contribution in [2.45, 2.75) is 51.0 Å². The second-order valence-electron chi connectivity index (χ2n) is 8.84. The van der Waals surface area contributed by atoms with E-state index in [-0.39, 0.29) is 36.3 Å². The molecular weight excluding hydrogens is 426 g/mol. The SMILES string of the molecule is O=C(Cc1ccc(F)cc1)N(Cc1ccc(F)cc1)C1CCN(CCC2OCCCO2)CC1. The third kappa shape index (κ3) is 7.06. The quantitative estimate of drug-likeness (QED) is 0.596. The highest BCUT2D eigenvalue weighted by molar-refractivity contribution is 5.79. The predicted octanol–water partition coefficient (Wildman–Crippen LogP) is 4.15. The third-order valence-electron chi connectivity index (χ3n) is 6.43. The molecule has 2 fully saturated rings. The Bertz CT molecular complexity index is 877. The first-order valence-electron chi connectivity index (χ1n) is 11.8. The van der Waals surface area contributed by atoms with Crippen molar-refractivity contribution in [3.8, 4) is 0 Å². The molecule has 5 nitrogen and oxygen atoms in total. The molecule has 0 spiro atoms. The van der Waals surface area contributed by atoms with Gasteiger partial charge in [0.2, 0.25) is 5.91 Å². The Hall–Kier alpha value is -2.35. The van der Waals surface area contributed by atoms with Crippen LogP contribution in [-0.4, -0.2) is 60.9 Å². The first kappa shape index (κ1) is 23.8. The van der Waals surface area contributed by atoms with Crippen molar-refractivity contribution in [3.63, 3.8) is 0 Å². The van der Waals surface area contributed by atoms with Crippen LogP contribution in [-0.2, 0) is 27.2 Å². The monoisotopic (exact) mass is 458 g/mol. The van der Waals surface area contributed by atoms with Gasteiger partial charge < -0.3 is 19.3 Å². The maximum atomic E-state index is 13.4. The van der Waals surface area contributed by atoms with Gasteiger partial charge in [0.15, 0.2) is 6.29 Å². The maximum absolute atomic E-state index is 13.4. The van der Waals surface area contributed by atoms with Crippen molar-refractivity contribution in [1.29, 1.82) is 0 Å². The molecule has 2 aromatic carbocycles. The van der Waals surface area contributed by atoms with E-state index in [1.54, 1.807) is 24.3 Å². The number of carbonyl (C=O) groups is 1. The van der Waals surface area contributed by atoms with Gasteiger partial charge in [-0.25, -0.2) is 8.78 Å². The molecule has 4 rings (SSSR count). The molecule has 2 aliphatic heterocycles. The highest BCUT2D eigenvalue weighted by Crippen LogP contribution is 2.22. The first-order valence-corrected chi connectivity index (χ1v) is 11.8. The zero-order valence-corrected chi connectivity index (χ0v) is 18.9. The number of ether oxygens (including phenoxy) is 2. The van der Waals surface area contributed by atoms with Crippen LogP contribution in [0.15, 0.2) is 48.5 Å². The highest BCUT2D eigenvalue weighted by atomic mass is 19.1. The highest BCUT2D eigenvalue weighted by Gasteiger charge is 2.28. The molecule has 0 N–H and O–H groups in total. The van der Waals surface area contributed by atoms with Crippen LogP contribution in [0.25, 0.3) is 0 Å². The summed E-state index contributed by atoms with van der Waals surface area (Å²) in [5.41, 5.74) is 1.69. The Kier molecular flexibility index (Phi) is 8.42. The number of hydrogen-bond acceptors (Lipinski definition) is 4. The molecule has 7 heteroatoms. The van der Waals surface area contributed by atoms with Gasteiger partial charge in [0.1, 0.15) is 11.6 Å². The molecule has 2 heterocycles. The average molecular weight is 459 g/mol. The smallest absolute Gasteiger partial charge is 0.227 e. The molecular formula is C26H32F2N2O3. The zero-order chi connectivity index (χ0) is 23.0. The summed E-state index contributed by atoms with van der Waals surface area (Å²) in [5.74, 6) is -0.596. The van der Waals surface area contributed by atoms with Crippen molar-refractivity contribution in [2.75, 3.05) is 32.8 Å². The van der Waals surface area contributed by atoms with Crippen molar-refractivity contribution >= 4 is 5.91 Å². The molecule has 0 atom stereocenters. The number of hydrogen-bond donors (Lipinski definition) is 0. The Labute approximate surface area is 194 Å². The van der Waals surface area contributed by atoms with E-state index in [1.165, 1.54) is 24.3 Å². The van der Waals surface area contributed by atoms with Crippen LogP contribution in [0.3, 0.4) is 0 Å². The largest absolute Gasteiger partial charge is 0.353 e. The average Bonchev–Trinajstić information content (AvgIpc) is 2.85. The normalized spacial score (nSPS) is 18.4. The molecule has 178 valence electrons. The topological polar surface area (TPSA) is 42.0 Å². The fourth-order valence-corrected chi connectivity index (χ4v) is 4.53. The van der Waals surface area contributed by atoms with Gasteiger partial charge in [-0.1, -0.05) is 24.3 Å². The van der Waals surface area contributed by atoms with Crippen molar-refractivity contribution in [3.05, 3.63) is 71.3 Å². The summed E-state index contributed by atoms with van der Waals surface area (Å²) in [5, 5.41) is 0. The van der Waals surface area contributed by atoms with Crippen LogP contribution in [0, 0.1) is 11.6 Å². The summed E-state index contributed by atoms with van der Waals surface area (Å²) in [6, 6.07) is 12.5. The van der Waals surface area contributed by atoms with E-state index in [0.29, 0.717) is 6.54 Å². The number of piperidine rings is 1. The maximum Gasteiger partial charge on any atom is 0.227 e. The number of likely N-dealkylation sites (tertiary alicyclic amines) is 1. The summed E-state index contributed by atoms with van der Waals surface area (Å²) in [6.07, 6.45) is 3.68. The molecule has 0 radical (unpaired) electrons. The van der Waals surface area contributed by atoms with Crippen LogP contribution >= 0.6 is 0 Å². The van der Waals surface area contributed by atoms with Gasteiger partial charge in [0, 0.05) is 38.6 Å². The fourth-order valence-electron chi connectivity index (χ4n) is 4.53. The summed E-state index contributed by atoms with van der Waals surface area (Å²) in [6.45, 7) is 4.69. The van der Waals surface area contributed by atoms with Gasteiger partial charge in [-0.3, -0.25) is 4.79 Å². The van der Waals surface area contributed by atoms with E-state index in [0.717, 1.165) is 69.7 Å². The lowest BCUT2D eigenvalue weighted by Gasteiger charge is -2.39. The lowest BCUT2D eigenvalue weighted by Crippen LogP contribution is -2.48. The summed E-state index contributed by atoms with van der Waals surface area (Å²) >= 11 is 0. The van der Waals surface area contributed by atoms with Crippen LogP contribution in [0.1, 0.15) is 36.8 Å². The van der Waals surface area contributed by atoms with E-state index in [1.807, 2.05) is 4.90 Å². The van der Waals surface area contributed by atoms with E-state index >= 15 is 0 Å². The van der Waals surface area contributed by atoms with Crippen molar-refractivity contribution in [2.24, 2.45) is 0 Å². The molecule has 2 aromatic rings. The van der Waals surface area contributed by atoms with E-state index in [9.17, 15) is 13.6 Å². The zero-order valence-electron chi connectivity index (χ0n) is 18.9. The molecule has 2 saturated heterocycles. The minimum Gasteiger partial charge on any atom is -0.353 e. The third-order valence-corrected chi connectivity index (χ3v) is 6.43. The summed E-state index contributed by atoms with van der Waals surface area (Å²) in [7, 11) is 0. The molecule has 0 bridgehead atoms. The molecule has 33 heavy (non-hydrogen) atoms. The first-order chi connectivity index (χ1) is 16.1. The lowest BCUT2D eigenvalue weighted by atomic mass is 10.0. The van der Waals surface area contributed by atoms with Gasteiger partial charge in [0.25, 0.3) is 0 Å². The number of carbonyl (C=O) groups excluding carboxylic acids is 1. The Morgan fingerprint density at radius 1 is 0.909 bits per heavy atom. The van der Waals surface area contributed by atoms with E-state index < -0.39 is 0 Å². The van der Waals surface area contributed by atoms with Crippen molar-refractivity contribution in [1.82, 2.24) is 9.80 Å².